The molecule has 0 aliphatic rings. The average Bonchev–Trinajstić information content (AvgIpc) is 2.63. The van der Waals surface area contributed by atoms with Gasteiger partial charge in [0, 0.05) is 0 Å². The van der Waals surface area contributed by atoms with E-state index in [4.69, 9.17) is 0 Å². The standard InChI is InChI=1S/3C8H17.Al/c3*1-4-6-7-8(3)5-2;/h3*8H,1,4-7H2,2-3H3;. The van der Waals surface area contributed by atoms with E-state index in [1.807, 2.05) is 0 Å². The van der Waals surface area contributed by atoms with Crippen molar-refractivity contribution in [2.45, 2.75) is 134 Å². The Labute approximate surface area is 166 Å². The number of rotatable bonds is 18. The highest BCUT2D eigenvalue weighted by Gasteiger charge is 2.16. The first-order valence-corrected chi connectivity index (χ1v) is 14.5. The van der Waals surface area contributed by atoms with Gasteiger partial charge in [-0.25, -0.2) is 0 Å². The first-order chi connectivity index (χ1) is 12.0. The zero-order valence-corrected chi connectivity index (χ0v) is 20.1. The Morgan fingerprint density at radius 3 is 1.00 bits per heavy atom. The lowest BCUT2D eigenvalue weighted by Gasteiger charge is -2.15. The quantitative estimate of drug-likeness (QED) is 0.167. The minimum Gasteiger partial charge on any atom is -0.0939 e. The van der Waals surface area contributed by atoms with Gasteiger partial charge in [0.05, 0.1) is 0 Å². The summed E-state index contributed by atoms with van der Waals surface area (Å²) < 4.78 is 0. The minimum absolute atomic E-state index is 0.449. The Balaban J connectivity index is 3.99. The van der Waals surface area contributed by atoms with E-state index in [0.29, 0.717) is 0 Å². The van der Waals surface area contributed by atoms with Crippen LogP contribution in [-0.2, 0) is 0 Å². The maximum atomic E-state index is 2.43. The van der Waals surface area contributed by atoms with Gasteiger partial charge in [-0.15, -0.1) is 0 Å². The third-order valence-corrected chi connectivity index (χ3v) is 10.4. The van der Waals surface area contributed by atoms with E-state index in [1.54, 1.807) is 15.8 Å². The molecule has 0 saturated heterocycles. The number of unbranched alkanes of at least 4 members (excludes halogenated alkanes) is 3. The second kappa shape index (κ2) is 17.9. The van der Waals surface area contributed by atoms with Gasteiger partial charge in [-0.1, -0.05) is 134 Å². The molecule has 0 aromatic heterocycles. The Bertz CT molecular complexity index is 220. The Morgan fingerprint density at radius 1 is 0.480 bits per heavy atom. The molecule has 0 amide bonds. The molecule has 150 valence electrons. The van der Waals surface area contributed by atoms with Gasteiger partial charge < -0.3 is 0 Å². The predicted molar refractivity (Wildman–Crippen MR) is 120 cm³/mol. The fraction of sp³-hybridized carbons (Fsp3) is 1.00. The lowest BCUT2D eigenvalue weighted by molar-refractivity contribution is 0.485. The SMILES string of the molecule is CCC(C)CCC[CH2][Al]([CH2]CCCC(C)CC)[CH2]CCCC(C)CC. The largest absolute Gasteiger partial charge is 0.261 e. The van der Waals surface area contributed by atoms with E-state index in [0.717, 1.165) is 17.8 Å². The summed E-state index contributed by atoms with van der Waals surface area (Å²) in [5.74, 6) is 2.85. The van der Waals surface area contributed by atoms with Gasteiger partial charge >= 0.3 is 0 Å². The molecule has 0 nitrogen and oxygen atoms in total. The van der Waals surface area contributed by atoms with Crippen molar-refractivity contribution in [3.8, 4) is 0 Å². The van der Waals surface area contributed by atoms with E-state index < -0.39 is 14.1 Å². The van der Waals surface area contributed by atoms with Gasteiger partial charge in [-0.2, -0.15) is 0 Å². The maximum absolute atomic E-state index is 2.43. The predicted octanol–water partition coefficient (Wildman–Crippen LogP) is 9.13. The second-order valence-electron chi connectivity index (χ2n) is 9.26. The molecular formula is C24H51Al. The van der Waals surface area contributed by atoms with Crippen LogP contribution in [0.25, 0.3) is 0 Å². The van der Waals surface area contributed by atoms with E-state index in [9.17, 15) is 0 Å². The fourth-order valence-corrected chi connectivity index (χ4v) is 7.29. The van der Waals surface area contributed by atoms with Crippen LogP contribution in [-0.4, -0.2) is 14.1 Å². The fourth-order valence-electron chi connectivity index (χ4n) is 3.82. The molecule has 0 spiro atoms. The van der Waals surface area contributed by atoms with Crippen LogP contribution < -0.4 is 0 Å². The molecule has 0 aromatic carbocycles. The molecule has 0 heterocycles. The molecule has 25 heavy (non-hydrogen) atoms. The summed E-state index contributed by atoms with van der Waals surface area (Å²) in [5.41, 5.74) is 0. The van der Waals surface area contributed by atoms with Crippen LogP contribution in [0.3, 0.4) is 0 Å². The summed E-state index contributed by atoms with van der Waals surface area (Å²) in [5, 5.41) is 4.93. The van der Waals surface area contributed by atoms with Crippen molar-refractivity contribution in [3.63, 3.8) is 0 Å². The van der Waals surface area contributed by atoms with E-state index in [1.165, 1.54) is 77.0 Å². The molecule has 0 aliphatic heterocycles. The monoisotopic (exact) mass is 366 g/mol. The molecule has 3 atom stereocenters. The first-order valence-electron chi connectivity index (χ1n) is 12.0. The Hall–Kier alpha value is 0.532. The first kappa shape index (κ1) is 25.5. The van der Waals surface area contributed by atoms with Crippen LogP contribution in [0.1, 0.15) is 119 Å². The molecule has 0 aliphatic carbocycles. The van der Waals surface area contributed by atoms with Crippen LogP contribution in [0.4, 0.5) is 0 Å². The summed E-state index contributed by atoms with van der Waals surface area (Å²) in [6.07, 6.45) is 17.6. The molecule has 3 unspecified atom stereocenters. The molecule has 0 radical (unpaired) electrons. The maximum Gasteiger partial charge on any atom is 0.261 e. The molecule has 0 saturated carbocycles. The van der Waals surface area contributed by atoms with Gasteiger partial charge in [-0.05, 0) is 17.8 Å². The highest BCUT2D eigenvalue weighted by Crippen LogP contribution is 2.22. The van der Waals surface area contributed by atoms with Crippen molar-refractivity contribution >= 4 is 14.1 Å². The minimum atomic E-state index is -0.449. The highest BCUT2D eigenvalue weighted by molar-refractivity contribution is 6.58. The molecule has 0 aromatic rings. The van der Waals surface area contributed by atoms with E-state index >= 15 is 0 Å². The third kappa shape index (κ3) is 16.4. The van der Waals surface area contributed by atoms with Crippen molar-refractivity contribution in [2.24, 2.45) is 17.8 Å². The highest BCUT2D eigenvalue weighted by atomic mass is 27.2. The summed E-state index contributed by atoms with van der Waals surface area (Å²) in [6, 6.07) is 0. The second-order valence-corrected chi connectivity index (χ2v) is 12.7. The Kier molecular flexibility index (Phi) is 18.3. The van der Waals surface area contributed by atoms with E-state index in [-0.39, 0.29) is 0 Å². The average molecular weight is 367 g/mol. The van der Waals surface area contributed by atoms with Crippen LogP contribution >= 0.6 is 0 Å². The smallest absolute Gasteiger partial charge is 0.0939 e. The van der Waals surface area contributed by atoms with Crippen LogP contribution in [0.2, 0.25) is 15.8 Å². The third-order valence-electron chi connectivity index (χ3n) is 6.77. The van der Waals surface area contributed by atoms with Crippen molar-refractivity contribution in [1.82, 2.24) is 0 Å². The number of hydrogen-bond acceptors (Lipinski definition) is 0. The van der Waals surface area contributed by atoms with Gasteiger partial charge in [0.2, 0.25) is 0 Å². The summed E-state index contributed by atoms with van der Waals surface area (Å²) in [7, 11) is 0. The normalized spacial score (nSPS) is 15.1. The zero-order valence-electron chi connectivity index (χ0n) is 18.9. The number of hydrogen-bond donors (Lipinski definition) is 0. The zero-order chi connectivity index (χ0) is 18.9. The lowest BCUT2D eigenvalue weighted by atomic mass is 10.0. The molecule has 1 heteroatoms. The van der Waals surface area contributed by atoms with Crippen molar-refractivity contribution in [2.75, 3.05) is 0 Å². The topological polar surface area (TPSA) is 0 Å². The van der Waals surface area contributed by atoms with Crippen LogP contribution in [0.15, 0.2) is 0 Å². The molecule has 0 N–H and O–H groups in total. The van der Waals surface area contributed by atoms with Crippen molar-refractivity contribution < 1.29 is 0 Å². The van der Waals surface area contributed by atoms with Crippen LogP contribution in [0.5, 0.6) is 0 Å². The Morgan fingerprint density at radius 2 is 0.760 bits per heavy atom. The summed E-state index contributed by atoms with van der Waals surface area (Å²) >= 11 is -0.449. The van der Waals surface area contributed by atoms with Gasteiger partial charge in [0.15, 0.2) is 0 Å². The molecule has 0 rings (SSSR count). The summed E-state index contributed by atoms with van der Waals surface area (Å²) in [4.78, 5) is 0. The van der Waals surface area contributed by atoms with Crippen LogP contribution in [0, 0.1) is 17.8 Å². The van der Waals surface area contributed by atoms with Gasteiger partial charge in [0.1, 0.15) is 0 Å². The molecule has 0 bridgehead atoms. The van der Waals surface area contributed by atoms with Crippen molar-refractivity contribution in [1.29, 1.82) is 0 Å². The lowest BCUT2D eigenvalue weighted by Crippen LogP contribution is -2.12. The van der Waals surface area contributed by atoms with E-state index in [2.05, 4.69) is 41.5 Å². The summed E-state index contributed by atoms with van der Waals surface area (Å²) in [6.45, 7) is 14.3. The van der Waals surface area contributed by atoms with Crippen molar-refractivity contribution in [3.05, 3.63) is 0 Å². The molecular weight excluding hydrogens is 315 g/mol. The van der Waals surface area contributed by atoms with Gasteiger partial charge in [0.25, 0.3) is 14.1 Å². The molecule has 0 fully saturated rings. The van der Waals surface area contributed by atoms with Gasteiger partial charge in [-0.3, -0.25) is 0 Å².